The van der Waals surface area contributed by atoms with Gasteiger partial charge in [0.05, 0.1) is 7.11 Å². The lowest BCUT2D eigenvalue weighted by Crippen LogP contribution is -2.12. The highest BCUT2D eigenvalue weighted by Gasteiger charge is 2.15. The number of nitrogens with zero attached hydrogens (tertiary/aromatic N) is 2. The molecule has 0 unspecified atom stereocenters. The van der Waals surface area contributed by atoms with E-state index in [2.05, 4.69) is 19.4 Å². The predicted octanol–water partition coefficient (Wildman–Crippen LogP) is 1.72. The Morgan fingerprint density at radius 2 is 2.21 bits per heavy atom. The molecule has 1 aromatic heterocycles. The zero-order valence-corrected chi connectivity index (χ0v) is 10.5. The molecule has 1 N–H and O–H groups in total. The van der Waals surface area contributed by atoms with E-state index < -0.39 is 17.7 Å². The third-order valence-electron chi connectivity index (χ3n) is 2.10. The first-order chi connectivity index (χ1) is 9.10. The van der Waals surface area contributed by atoms with Crippen LogP contribution >= 0.6 is 11.5 Å². The first kappa shape index (κ1) is 13.1. The van der Waals surface area contributed by atoms with Crippen molar-refractivity contribution in [3.05, 3.63) is 41.5 Å². The summed E-state index contributed by atoms with van der Waals surface area (Å²) in [5, 5.41) is 2.55. The molecule has 0 bridgehead atoms. The van der Waals surface area contributed by atoms with Gasteiger partial charge in [-0.1, -0.05) is 6.07 Å². The summed E-state index contributed by atoms with van der Waals surface area (Å²) in [6.07, 6.45) is 0. The van der Waals surface area contributed by atoms with Crippen LogP contribution in [0.25, 0.3) is 0 Å². The average Bonchev–Trinajstić information content (AvgIpc) is 2.86. The summed E-state index contributed by atoms with van der Waals surface area (Å²) in [7, 11) is 1.20. The first-order valence-electron chi connectivity index (χ1n) is 5.09. The molecule has 19 heavy (non-hydrogen) atoms. The van der Waals surface area contributed by atoms with E-state index in [1.165, 1.54) is 25.3 Å². The van der Waals surface area contributed by atoms with E-state index in [-0.39, 0.29) is 16.5 Å². The summed E-state index contributed by atoms with van der Waals surface area (Å²) in [4.78, 5) is 26.7. The van der Waals surface area contributed by atoms with Crippen LogP contribution in [-0.4, -0.2) is 28.3 Å². The largest absolute Gasteiger partial charge is 0.463 e. The van der Waals surface area contributed by atoms with Crippen molar-refractivity contribution in [2.24, 2.45) is 0 Å². The number of hydrogen-bond acceptors (Lipinski definition) is 6. The van der Waals surface area contributed by atoms with Crippen LogP contribution in [0.5, 0.6) is 0 Å². The SMILES string of the molecule is COC(=O)c1nsc(NC(=O)c2cccc(F)c2)n1. The standard InChI is InChI=1S/C11H8FN3O3S/c1-18-10(17)8-13-11(19-15-8)14-9(16)6-3-2-4-7(12)5-6/h2-5H,1H3,(H,13,14,15,16). The first-order valence-corrected chi connectivity index (χ1v) is 5.86. The second-order valence-electron chi connectivity index (χ2n) is 3.38. The maximum Gasteiger partial charge on any atom is 0.377 e. The van der Waals surface area contributed by atoms with Crippen LogP contribution in [0.1, 0.15) is 21.0 Å². The maximum absolute atomic E-state index is 13.0. The molecule has 1 heterocycles. The Morgan fingerprint density at radius 1 is 1.42 bits per heavy atom. The number of halogens is 1. The van der Waals surface area contributed by atoms with E-state index in [4.69, 9.17) is 0 Å². The number of esters is 1. The average molecular weight is 281 g/mol. The smallest absolute Gasteiger partial charge is 0.377 e. The Labute approximate surface area is 111 Å². The Balaban J connectivity index is 2.11. The fraction of sp³-hybridized carbons (Fsp3) is 0.0909. The highest BCUT2D eigenvalue weighted by Crippen LogP contribution is 2.13. The van der Waals surface area contributed by atoms with E-state index in [1.807, 2.05) is 0 Å². The van der Waals surface area contributed by atoms with Crippen molar-refractivity contribution in [3.8, 4) is 0 Å². The Bertz CT molecular complexity index is 629. The topological polar surface area (TPSA) is 81.2 Å². The number of nitrogens with one attached hydrogen (secondary N) is 1. The van der Waals surface area contributed by atoms with Gasteiger partial charge in [-0.2, -0.15) is 9.36 Å². The van der Waals surface area contributed by atoms with Gasteiger partial charge < -0.3 is 4.74 Å². The molecule has 2 aromatic rings. The van der Waals surface area contributed by atoms with Crippen LogP contribution in [0.3, 0.4) is 0 Å². The van der Waals surface area contributed by atoms with Crippen LogP contribution in [0.15, 0.2) is 24.3 Å². The van der Waals surface area contributed by atoms with E-state index in [0.29, 0.717) is 0 Å². The van der Waals surface area contributed by atoms with E-state index in [0.717, 1.165) is 17.6 Å². The summed E-state index contributed by atoms with van der Waals surface area (Å²) >= 11 is 0.833. The molecule has 2 rings (SSSR count). The molecule has 0 atom stereocenters. The minimum absolute atomic E-state index is 0.134. The number of hydrogen-bond donors (Lipinski definition) is 1. The van der Waals surface area contributed by atoms with Crippen LogP contribution in [0, 0.1) is 5.82 Å². The van der Waals surface area contributed by atoms with Gasteiger partial charge in [0.2, 0.25) is 5.13 Å². The number of aromatic nitrogens is 2. The zero-order valence-electron chi connectivity index (χ0n) is 9.71. The second-order valence-corrected chi connectivity index (χ2v) is 4.13. The van der Waals surface area contributed by atoms with Crippen molar-refractivity contribution in [1.82, 2.24) is 9.36 Å². The maximum atomic E-state index is 13.0. The summed E-state index contributed by atoms with van der Waals surface area (Å²) < 4.78 is 21.1. The minimum atomic E-state index is -0.692. The molecule has 1 amide bonds. The second kappa shape index (κ2) is 5.53. The number of anilines is 1. The van der Waals surface area contributed by atoms with Gasteiger partial charge in [-0.25, -0.2) is 9.18 Å². The molecule has 0 saturated carbocycles. The van der Waals surface area contributed by atoms with Crippen molar-refractivity contribution >= 4 is 28.5 Å². The van der Waals surface area contributed by atoms with Gasteiger partial charge in [-0.3, -0.25) is 10.1 Å². The van der Waals surface area contributed by atoms with E-state index >= 15 is 0 Å². The van der Waals surface area contributed by atoms with Gasteiger partial charge in [0.25, 0.3) is 11.7 Å². The van der Waals surface area contributed by atoms with Crippen LogP contribution < -0.4 is 5.32 Å². The number of amides is 1. The number of benzene rings is 1. The third kappa shape index (κ3) is 3.10. The molecule has 0 saturated heterocycles. The summed E-state index contributed by atoms with van der Waals surface area (Å²) in [5.41, 5.74) is 0.148. The molecule has 1 aromatic carbocycles. The third-order valence-corrected chi connectivity index (χ3v) is 2.73. The van der Waals surface area contributed by atoms with Crippen LogP contribution in [-0.2, 0) is 4.74 Å². The van der Waals surface area contributed by atoms with Gasteiger partial charge in [0, 0.05) is 17.1 Å². The normalized spacial score (nSPS) is 10.0. The highest BCUT2D eigenvalue weighted by atomic mass is 32.1. The Hall–Kier alpha value is -2.35. The summed E-state index contributed by atoms with van der Waals surface area (Å²) in [6.45, 7) is 0. The fourth-order valence-corrected chi connectivity index (χ4v) is 1.80. The lowest BCUT2D eigenvalue weighted by Gasteiger charge is -2.00. The quantitative estimate of drug-likeness (QED) is 0.866. The summed E-state index contributed by atoms with van der Waals surface area (Å²) in [6, 6.07) is 5.21. The molecular weight excluding hydrogens is 273 g/mol. The molecule has 0 spiro atoms. The van der Waals surface area contributed by atoms with Crippen molar-refractivity contribution in [2.45, 2.75) is 0 Å². The molecule has 0 aliphatic heterocycles. The van der Waals surface area contributed by atoms with Gasteiger partial charge in [-0.15, -0.1) is 0 Å². The van der Waals surface area contributed by atoms with Crippen LogP contribution in [0.2, 0.25) is 0 Å². The number of ether oxygens (including phenoxy) is 1. The Kier molecular flexibility index (Phi) is 3.81. The van der Waals surface area contributed by atoms with Gasteiger partial charge in [0.15, 0.2) is 0 Å². The molecule has 0 aliphatic rings. The molecule has 8 heteroatoms. The Morgan fingerprint density at radius 3 is 2.89 bits per heavy atom. The van der Waals surface area contributed by atoms with Crippen molar-refractivity contribution in [1.29, 1.82) is 0 Å². The molecule has 6 nitrogen and oxygen atoms in total. The van der Waals surface area contributed by atoms with Gasteiger partial charge in [0.1, 0.15) is 5.82 Å². The minimum Gasteiger partial charge on any atom is -0.463 e. The summed E-state index contributed by atoms with van der Waals surface area (Å²) in [5.74, 6) is -1.88. The number of carbonyl (C=O) groups is 2. The molecule has 98 valence electrons. The predicted molar refractivity (Wildman–Crippen MR) is 65.6 cm³/mol. The van der Waals surface area contributed by atoms with Crippen molar-refractivity contribution in [2.75, 3.05) is 12.4 Å². The van der Waals surface area contributed by atoms with Gasteiger partial charge in [-0.05, 0) is 18.2 Å². The molecule has 0 fully saturated rings. The lowest BCUT2D eigenvalue weighted by atomic mass is 10.2. The van der Waals surface area contributed by atoms with Crippen molar-refractivity contribution in [3.63, 3.8) is 0 Å². The monoisotopic (exact) mass is 281 g/mol. The van der Waals surface area contributed by atoms with Crippen LogP contribution in [0.4, 0.5) is 9.52 Å². The molecular formula is C11H8FN3O3S. The molecule has 0 radical (unpaired) electrons. The number of carbonyl (C=O) groups excluding carboxylic acids is 2. The van der Waals surface area contributed by atoms with E-state index in [9.17, 15) is 14.0 Å². The highest BCUT2D eigenvalue weighted by molar-refractivity contribution is 7.10. The number of methoxy groups -OCH3 is 1. The zero-order chi connectivity index (χ0) is 13.8. The number of rotatable bonds is 3. The van der Waals surface area contributed by atoms with E-state index in [1.54, 1.807) is 0 Å². The van der Waals surface area contributed by atoms with Crippen molar-refractivity contribution < 1.29 is 18.7 Å². The van der Waals surface area contributed by atoms with Gasteiger partial charge >= 0.3 is 5.97 Å². The lowest BCUT2D eigenvalue weighted by molar-refractivity contribution is 0.0588. The fourth-order valence-electron chi connectivity index (χ4n) is 1.25. The molecule has 0 aliphatic carbocycles.